The zero-order valence-corrected chi connectivity index (χ0v) is 14.0. The number of amides is 1. The molecule has 7 heteroatoms. The molecular weight excluding hydrogens is 310 g/mol. The lowest BCUT2D eigenvalue weighted by molar-refractivity contribution is 0.102. The Bertz CT molecular complexity index is 835. The van der Waals surface area contributed by atoms with E-state index in [1.54, 1.807) is 10.9 Å². The van der Waals surface area contributed by atoms with Crippen LogP contribution in [0.3, 0.4) is 0 Å². The zero-order valence-electron chi connectivity index (χ0n) is 13.2. The van der Waals surface area contributed by atoms with Gasteiger partial charge in [0.15, 0.2) is 0 Å². The third-order valence-electron chi connectivity index (χ3n) is 3.59. The molecule has 0 unspecified atom stereocenters. The zero-order chi connectivity index (χ0) is 16.4. The van der Waals surface area contributed by atoms with Crippen molar-refractivity contribution in [3.05, 3.63) is 47.3 Å². The quantitative estimate of drug-likeness (QED) is 0.798. The summed E-state index contributed by atoms with van der Waals surface area (Å²) < 4.78 is 1.78. The highest BCUT2D eigenvalue weighted by molar-refractivity contribution is 7.18. The van der Waals surface area contributed by atoms with Gasteiger partial charge < -0.3 is 0 Å². The number of anilines is 1. The monoisotopic (exact) mass is 327 g/mol. The van der Waals surface area contributed by atoms with Crippen molar-refractivity contribution in [3.63, 3.8) is 0 Å². The van der Waals surface area contributed by atoms with E-state index in [0.717, 1.165) is 22.8 Å². The molecule has 23 heavy (non-hydrogen) atoms. The SMILES string of the molecule is CCn1ncc(C(=O)Nc2nnc(-c3ccc(C)cc3)s2)c1C. The lowest BCUT2D eigenvalue weighted by Crippen LogP contribution is -2.13. The predicted molar refractivity (Wildman–Crippen MR) is 90.7 cm³/mol. The Balaban J connectivity index is 1.77. The van der Waals surface area contributed by atoms with E-state index in [1.807, 2.05) is 45.0 Å². The van der Waals surface area contributed by atoms with Gasteiger partial charge in [0.1, 0.15) is 5.01 Å². The van der Waals surface area contributed by atoms with Crippen LogP contribution in [-0.4, -0.2) is 25.9 Å². The molecule has 1 amide bonds. The summed E-state index contributed by atoms with van der Waals surface area (Å²) in [7, 11) is 0. The topological polar surface area (TPSA) is 72.7 Å². The van der Waals surface area contributed by atoms with E-state index in [1.165, 1.54) is 16.9 Å². The van der Waals surface area contributed by atoms with Crippen LogP contribution in [-0.2, 0) is 6.54 Å². The maximum Gasteiger partial charge on any atom is 0.260 e. The van der Waals surface area contributed by atoms with Gasteiger partial charge in [-0.05, 0) is 20.8 Å². The number of carbonyl (C=O) groups is 1. The highest BCUT2D eigenvalue weighted by Gasteiger charge is 2.16. The molecule has 1 aromatic carbocycles. The summed E-state index contributed by atoms with van der Waals surface area (Å²) in [6.07, 6.45) is 1.58. The molecule has 0 radical (unpaired) electrons. The molecule has 2 heterocycles. The second-order valence-electron chi connectivity index (χ2n) is 5.19. The molecular formula is C16H17N5OS. The number of rotatable bonds is 4. The number of nitrogens with one attached hydrogen (secondary N) is 1. The highest BCUT2D eigenvalue weighted by atomic mass is 32.1. The summed E-state index contributed by atoms with van der Waals surface area (Å²) in [5.74, 6) is -0.214. The Labute approximate surface area is 138 Å². The highest BCUT2D eigenvalue weighted by Crippen LogP contribution is 2.26. The minimum Gasteiger partial charge on any atom is -0.296 e. The first-order valence-electron chi connectivity index (χ1n) is 7.32. The van der Waals surface area contributed by atoms with E-state index >= 15 is 0 Å². The Morgan fingerprint density at radius 1 is 1.22 bits per heavy atom. The van der Waals surface area contributed by atoms with Crippen LogP contribution in [0.2, 0.25) is 0 Å². The second-order valence-corrected chi connectivity index (χ2v) is 6.17. The van der Waals surface area contributed by atoms with Gasteiger partial charge >= 0.3 is 0 Å². The largest absolute Gasteiger partial charge is 0.296 e. The van der Waals surface area contributed by atoms with Crippen molar-refractivity contribution >= 4 is 22.4 Å². The maximum absolute atomic E-state index is 12.3. The van der Waals surface area contributed by atoms with Crippen LogP contribution in [0, 0.1) is 13.8 Å². The van der Waals surface area contributed by atoms with Crippen molar-refractivity contribution in [1.29, 1.82) is 0 Å². The Morgan fingerprint density at radius 3 is 2.61 bits per heavy atom. The molecule has 118 valence electrons. The van der Waals surface area contributed by atoms with Crippen molar-refractivity contribution in [3.8, 4) is 10.6 Å². The fraction of sp³-hybridized carbons (Fsp3) is 0.250. The Kier molecular flexibility index (Phi) is 4.20. The minimum absolute atomic E-state index is 0.214. The lowest BCUT2D eigenvalue weighted by Gasteiger charge is -2.02. The molecule has 6 nitrogen and oxygen atoms in total. The maximum atomic E-state index is 12.3. The van der Waals surface area contributed by atoms with Crippen molar-refractivity contribution in [2.24, 2.45) is 0 Å². The average molecular weight is 327 g/mol. The van der Waals surface area contributed by atoms with Gasteiger partial charge in [-0.3, -0.25) is 14.8 Å². The average Bonchev–Trinajstić information content (AvgIpc) is 3.14. The molecule has 0 fully saturated rings. The number of carbonyl (C=O) groups excluding carboxylic acids is 1. The molecule has 1 N–H and O–H groups in total. The van der Waals surface area contributed by atoms with E-state index in [9.17, 15) is 4.79 Å². The molecule has 0 bridgehead atoms. The number of hydrogen-bond acceptors (Lipinski definition) is 5. The summed E-state index contributed by atoms with van der Waals surface area (Å²) in [5.41, 5.74) is 3.57. The van der Waals surface area contributed by atoms with Gasteiger partial charge in [0.25, 0.3) is 5.91 Å². The second kappa shape index (κ2) is 6.29. The van der Waals surface area contributed by atoms with Crippen LogP contribution in [0.1, 0.15) is 28.5 Å². The fourth-order valence-electron chi connectivity index (χ4n) is 2.24. The summed E-state index contributed by atoms with van der Waals surface area (Å²) in [6.45, 7) is 6.63. The molecule has 0 spiro atoms. The van der Waals surface area contributed by atoms with E-state index in [0.29, 0.717) is 10.7 Å². The number of aryl methyl sites for hydroxylation is 2. The third-order valence-corrected chi connectivity index (χ3v) is 4.48. The van der Waals surface area contributed by atoms with Gasteiger partial charge in [-0.2, -0.15) is 5.10 Å². The van der Waals surface area contributed by atoms with Gasteiger partial charge in [-0.1, -0.05) is 41.2 Å². The molecule has 0 aliphatic carbocycles. The minimum atomic E-state index is -0.214. The molecule has 3 aromatic rings. The molecule has 0 saturated carbocycles. The Hall–Kier alpha value is -2.54. The van der Waals surface area contributed by atoms with Crippen LogP contribution in [0.15, 0.2) is 30.5 Å². The van der Waals surface area contributed by atoms with E-state index < -0.39 is 0 Å². The molecule has 0 aliphatic rings. The van der Waals surface area contributed by atoms with Crippen molar-refractivity contribution in [1.82, 2.24) is 20.0 Å². The molecule has 0 atom stereocenters. The molecule has 0 saturated heterocycles. The molecule has 3 rings (SSSR count). The van der Waals surface area contributed by atoms with Gasteiger partial charge in [0.05, 0.1) is 11.8 Å². The number of hydrogen-bond donors (Lipinski definition) is 1. The van der Waals surface area contributed by atoms with Crippen LogP contribution >= 0.6 is 11.3 Å². The van der Waals surface area contributed by atoms with Gasteiger partial charge in [-0.15, -0.1) is 10.2 Å². The fourth-order valence-corrected chi connectivity index (χ4v) is 2.98. The van der Waals surface area contributed by atoms with Gasteiger partial charge in [0, 0.05) is 17.8 Å². The van der Waals surface area contributed by atoms with Crippen LogP contribution in [0.4, 0.5) is 5.13 Å². The van der Waals surface area contributed by atoms with Crippen LogP contribution < -0.4 is 5.32 Å². The summed E-state index contributed by atoms with van der Waals surface area (Å²) in [5, 5.41) is 16.4. The molecule has 0 aliphatic heterocycles. The van der Waals surface area contributed by atoms with Crippen LogP contribution in [0.5, 0.6) is 0 Å². The number of nitrogens with zero attached hydrogens (tertiary/aromatic N) is 4. The Morgan fingerprint density at radius 2 is 1.96 bits per heavy atom. The smallest absolute Gasteiger partial charge is 0.260 e. The summed E-state index contributed by atoms with van der Waals surface area (Å²) in [6, 6.07) is 8.04. The first-order valence-corrected chi connectivity index (χ1v) is 8.14. The van der Waals surface area contributed by atoms with Crippen molar-refractivity contribution in [2.75, 3.05) is 5.32 Å². The normalized spacial score (nSPS) is 10.7. The summed E-state index contributed by atoms with van der Waals surface area (Å²) in [4.78, 5) is 12.3. The molecule has 2 aromatic heterocycles. The number of aromatic nitrogens is 4. The van der Waals surface area contributed by atoms with E-state index in [4.69, 9.17) is 0 Å². The van der Waals surface area contributed by atoms with Gasteiger partial charge in [0.2, 0.25) is 5.13 Å². The standard InChI is InChI=1S/C16H17N5OS/c1-4-21-11(3)13(9-17-21)14(22)18-16-20-19-15(23-16)12-7-5-10(2)6-8-12/h5-9H,4H2,1-3H3,(H,18,20,22). The van der Waals surface area contributed by atoms with Gasteiger partial charge in [-0.25, -0.2) is 0 Å². The predicted octanol–water partition coefficient (Wildman–Crippen LogP) is 3.29. The van der Waals surface area contributed by atoms with Crippen molar-refractivity contribution < 1.29 is 4.79 Å². The van der Waals surface area contributed by atoms with Crippen LogP contribution in [0.25, 0.3) is 10.6 Å². The summed E-state index contributed by atoms with van der Waals surface area (Å²) >= 11 is 1.35. The van der Waals surface area contributed by atoms with Crippen molar-refractivity contribution in [2.45, 2.75) is 27.3 Å². The van der Waals surface area contributed by atoms with E-state index in [-0.39, 0.29) is 5.91 Å². The number of benzene rings is 1. The first-order chi connectivity index (χ1) is 11.1. The first kappa shape index (κ1) is 15.4. The van der Waals surface area contributed by atoms with E-state index in [2.05, 4.69) is 20.6 Å². The third kappa shape index (κ3) is 3.14. The lowest BCUT2D eigenvalue weighted by atomic mass is 10.2.